The topological polar surface area (TPSA) is 70.4 Å². The molecule has 1 rings (SSSR count). The standard InChI is InChI=1S/C5H10N4OS/c1-2-3-11-5-8-7-4(10)9(5)6/h2,5,8H,1,3,6H2,(H,7,10). The zero-order chi connectivity index (χ0) is 8.27. The van der Waals surface area contributed by atoms with E-state index in [4.69, 9.17) is 5.84 Å². The number of thioether (sulfide) groups is 1. The highest BCUT2D eigenvalue weighted by atomic mass is 32.2. The largest absolute Gasteiger partial charge is 0.348 e. The summed E-state index contributed by atoms with van der Waals surface area (Å²) in [7, 11) is 0. The van der Waals surface area contributed by atoms with Gasteiger partial charge in [0.2, 0.25) is 0 Å². The minimum absolute atomic E-state index is 0.194. The second kappa shape index (κ2) is 3.61. The van der Waals surface area contributed by atoms with E-state index in [0.29, 0.717) is 0 Å². The molecular weight excluding hydrogens is 164 g/mol. The van der Waals surface area contributed by atoms with Gasteiger partial charge in [0, 0.05) is 5.75 Å². The Kier molecular flexibility index (Phi) is 2.75. The number of carbonyl (C=O) groups is 1. The van der Waals surface area contributed by atoms with E-state index < -0.39 is 0 Å². The molecule has 1 fully saturated rings. The first-order valence-electron chi connectivity index (χ1n) is 3.07. The molecule has 0 bridgehead atoms. The maximum Gasteiger partial charge on any atom is 0.348 e. The zero-order valence-electron chi connectivity index (χ0n) is 5.91. The van der Waals surface area contributed by atoms with Gasteiger partial charge in [0.1, 0.15) is 0 Å². The molecule has 2 amide bonds. The van der Waals surface area contributed by atoms with Crippen LogP contribution in [0.1, 0.15) is 0 Å². The van der Waals surface area contributed by atoms with E-state index in [1.54, 1.807) is 6.08 Å². The number of rotatable bonds is 3. The molecule has 1 saturated heterocycles. The van der Waals surface area contributed by atoms with Crippen LogP contribution in [0.2, 0.25) is 0 Å². The van der Waals surface area contributed by atoms with Gasteiger partial charge in [-0.3, -0.25) is 5.43 Å². The molecule has 0 spiro atoms. The Morgan fingerprint density at radius 3 is 3.09 bits per heavy atom. The predicted octanol–water partition coefficient (Wildman–Crippen LogP) is -0.407. The van der Waals surface area contributed by atoms with Gasteiger partial charge >= 0.3 is 6.03 Å². The van der Waals surface area contributed by atoms with Crippen LogP contribution in [0.3, 0.4) is 0 Å². The van der Waals surface area contributed by atoms with Crippen molar-refractivity contribution in [1.29, 1.82) is 0 Å². The highest BCUT2D eigenvalue weighted by Gasteiger charge is 2.27. The lowest BCUT2D eigenvalue weighted by atomic mass is 10.8. The van der Waals surface area contributed by atoms with E-state index in [-0.39, 0.29) is 11.5 Å². The smallest absolute Gasteiger partial charge is 0.269 e. The molecular formula is C5H10N4OS. The van der Waals surface area contributed by atoms with Crippen molar-refractivity contribution in [3.63, 3.8) is 0 Å². The lowest BCUT2D eigenvalue weighted by Crippen LogP contribution is -2.40. The molecule has 0 aliphatic carbocycles. The van der Waals surface area contributed by atoms with Crippen molar-refractivity contribution < 1.29 is 4.79 Å². The van der Waals surface area contributed by atoms with Gasteiger partial charge in [-0.25, -0.2) is 15.6 Å². The van der Waals surface area contributed by atoms with Gasteiger partial charge in [-0.2, -0.15) is 5.43 Å². The Hall–Kier alpha value is -0.720. The summed E-state index contributed by atoms with van der Waals surface area (Å²) >= 11 is 1.48. The summed E-state index contributed by atoms with van der Waals surface area (Å²) in [5, 5.41) is 1.11. The number of hydrogen-bond donors (Lipinski definition) is 3. The first-order chi connectivity index (χ1) is 5.25. The molecule has 11 heavy (non-hydrogen) atoms. The predicted molar refractivity (Wildman–Crippen MR) is 44.1 cm³/mol. The Balaban J connectivity index is 2.35. The molecule has 62 valence electrons. The number of urea groups is 1. The van der Waals surface area contributed by atoms with Crippen LogP contribution in [0.15, 0.2) is 12.7 Å². The van der Waals surface area contributed by atoms with Crippen molar-refractivity contribution >= 4 is 17.8 Å². The highest BCUT2D eigenvalue weighted by molar-refractivity contribution is 7.99. The Morgan fingerprint density at radius 2 is 2.64 bits per heavy atom. The molecule has 5 nitrogen and oxygen atoms in total. The minimum Gasteiger partial charge on any atom is -0.269 e. The maximum atomic E-state index is 10.7. The average molecular weight is 174 g/mol. The fourth-order valence-corrected chi connectivity index (χ4v) is 1.36. The molecule has 1 heterocycles. The van der Waals surface area contributed by atoms with Crippen LogP contribution in [-0.4, -0.2) is 22.3 Å². The molecule has 4 N–H and O–H groups in total. The molecule has 1 unspecified atom stereocenters. The number of amides is 2. The van der Waals surface area contributed by atoms with Gasteiger partial charge in [0.25, 0.3) is 0 Å². The maximum absolute atomic E-state index is 10.7. The summed E-state index contributed by atoms with van der Waals surface area (Å²) in [5.74, 6) is 6.12. The van der Waals surface area contributed by atoms with Crippen LogP contribution in [-0.2, 0) is 0 Å². The molecule has 0 radical (unpaired) electrons. The molecule has 0 saturated carbocycles. The number of nitrogens with zero attached hydrogens (tertiary/aromatic N) is 1. The Bertz CT molecular complexity index is 174. The van der Waals surface area contributed by atoms with Crippen molar-refractivity contribution in [2.45, 2.75) is 5.50 Å². The van der Waals surface area contributed by atoms with Gasteiger partial charge < -0.3 is 0 Å². The van der Waals surface area contributed by atoms with Crippen molar-refractivity contribution in [2.24, 2.45) is 5.84 Å². The first-order valence-corrected chi connectivity index (χ1v) is 4.12. The van der Waals surface area contributed by atoms with Gasteiger partial charge in [0.15, 0.2) is 5.50 Å². The number of hydrogen-bond acceptors (Lipinski definition) is 4. The van der Waals surface area contributed by atoms with Crippen LogP contribution in [0.4, 0.5) is 4.79 Å². The van der Waals surface area contributed by atoms with E-state index in [0.717, 1.165) is 10.8 Å². The van der Waals surface area contributed by atoms with Crippen molar-refractivity contribution in [2.75, 3.05) is 5.75 Å². The van der Waals surface area contributed by atoms with E-state index in [2.05, 4.69) is 17.4 Å². The fraction of sp³-hybridized carbons (Fsp3) is 0.400. The lowest BCUT2D eigenvalue weighted by molar-refractivity contribution is 0.215. The second-order valence-electron chi connectivity index (χ2n) is 1.96. The molecule has 6 heteroatoms. The summed E-state index contributed by atoms with van der Waals surface area (Å²) in [6.45, 7) is 3.55. The third kappa shape index (κ3) is 1.86. The molecule has 0 aromatic rings. The molecule has 0 aromatic carbocycles. The summed E-state index contributed by atoms with van der Waals surface area (Å²) in [6, 6.07) is -0.313. The van der Waals surface area contributed by atoms with Gasteiger partial charge in [-0.1, -0.05) is 6.08 Å². The summed E-state index contributed by atoms with van der Waals surface area (Å²) in [6.07, 6.45) is 1.75. The van der Waals surface area contributed by atoms with E-state index in [9.17, 15) is 4.79 Å². The number of carbonyl (C=O) groups excluding carboxylic acids is 1. The Morgan fingerprint density at radius 1 is 1.91 bits per heavy atom. The highest BCUT2D eigenvalue weighted by Crippen LogP contribution is 2.12. The third-order valence-corrected chi connectivity index (χ3v) is 2.25. The minimum atomic E-state index is -0.313. The van der Waals surface area contributed by atoms with E-state index >= 15 is 0 Å². The third-order valence-electron chi connectivity index (χ3n) is 1.16. The molecule has 1 aliphatic heterocycles. The lowest BCUT2D eigenvalue weighted by Gasteiger charge is -2.14. The zero-order valence-corrected chi connectivity index (χ0v) is 6.73. The average Bonchev–Trinajstić information content (AvgIpc) is 2.31. The summed E-state index contributed by atoms with van der Waals surface area (Å²) < 4.78 is 0. The quantitative estimate of drug-likeness (QED) is 0.309. The van der Waals surface area contributed by atoms with Crippen LogP contribution < -0.4 is 16.7 Å². The van der Waals surface area contributed by atoms with Crippen molar-refractivity contribution in [3.05, 3.63) is 12.7 Å². The van der Waals surface area contributed by atoms with Crippen LogP contribution in [0, 0.1) is 0 Å². The van der Waals surface area contributed by atoms with Crippen molar-refractivity contribution in [1.82, 2.24) is 15.9 Å². The fourth-order valence-electron chi connectivity index (χ4n) is 0.645. The number of nitrogens with one attached hydrogen (secondary N) is 2. The molecule has 1 aliphatic rings. The normalized spacial score (nSPS) is 23.5. The number of hydrazine groups is 2. The second-order valence-corrected chi connectivity index (χ2v) is 3.07. The van der Waals surface area contributed by atoms with Crippen molar-refractivity contribution in [3.8, 4) is 0 Å². The Labute approximate surface area is 68.9 Å². The van der Waals surface area contributed by atoms with E-state index in [1.165, 1.54) is 11.8 Å². The first kappa shape index (κ1) is 8.38. The SMILES string of the molecule is C=CCSC1NNC(=O)N1N. The van der Waals surface area contributed by atoms with Crippen LogP contribution >= 0.6 is 11.8 Å². The van der Waals surface area contributed by atoms with Gasteiger partial charge in [0.05, 0.1) is 0 Å². The number of nitrogens with two attached hydrogens (primary N) is 1. The summed E-state index contributed by atoms with van der Waals surface area (Å²) in [4.78, 5) is 10.7. The summed E-state index contributed by atoms with van der Waals surface area (Å²) in [5.41, 5.74) is 4.90. The molecule has 1 atom stereocenters. The molecule has 0 aromatic heterocycles. The van der Waals surface area contributed by atoms with E-state index in [1.807, 2.05) is 0 Å². The van der Waals surface area contributed by atoms with Gasteiger partial charge in [-0.05, 0) is 0 Å². The van der Waals surface area contributed by atoms with Crippen LogP contribution in [0.5, 0.6) is 0 Å². The monoisotopic (exact) mass is 174 g/mol. The van der Waals surface area contributed by atoms with Gasteiger partial charge in [-0.15, -0.1) is 18.3 Å². The van der Waals surface area contributed by atoms with Crippen LogP contribution in [0.25, 0.3) is 0 Å².